The van der Waals surface area contributed by atoms with E-state index in [2.05, 4.69) is 21.0 Å². The first kappa shape index (κ1) is 12.9. The first-order chi connectivity index (χ1) is 6.73. The number of hydrogen-bond donors (Lipinski definition) is 1. The minimum absolute atomic E-state index is 0.476. The van der Waals surface area contributed by atoms with E-state index in [-0.39, 0.29) is 0 Å². The third kappa shape index (κ3) is 3.47. The lowest BCUT2D eigenvalue weighted by molar-refractivity contribution is 0.203. The van der Waals surface area contributed by atoms with Crippen LogP contribution in [0.4, 0.5) is 0 Å². The van der Waals surface area contributed by atoms with Crippen LogP contribution in [-0.4, -0.2) is 42.1 Å². The molecule has 0 saturated carbocycles. The number of halogens is 2. The predicted octanol–water partition coefficient (Wildman–Crippen LogP) is 2.04. The molecular formula is C7H15BrClN2O2P. The van der Waals surface area contributed by atoms with Crippen LogP contribution in [0.2, 0.25) is 0 Å². The van der Waals surface area contributed by atoms with Crippen molar-refractivity contribution in [2.45, 2.75) is 6.42 Å². The minimum atomic E-state index is -2.79. The first-order valence-electron chi connectivity index (χ1n) is 4.60. The molecule has 0 aromatic heterocycles. The second-order valence-corrected chi connectivity index (χ2v) is 6.30. The van der Waals surface area contributed by atoms with Gasteiger partial charge in [-0.15, -0.1) is 11.6 Å². The number of rotatable bonds is 5. The third-order valence-electron chi connectivity index (χ3n) is 1.95. The van der Waals surface area contributed by atoms with Crippen LogP contribution in [0.1, 0.15) is 6.42 Å². The minimum Gasteiger partial charge on any atom is -0.306 e. The van der Waals surface area contributed by atoms with Gasteiger partial charge in [-0.1, -0.05) is 15.9 Å². The van der Waals surface area contributed by atoms with Crippen LogP contribution < -0.4 is 5.09 Å². The molecule has 0 radical (unpaired) electrons. The topological polar surface area (TPSA) is 41.6 Å². The molecule has 1 aliphatic rings. The van der Waals surface area contributed by atoms with Crippen molar-refractivity contribution in [3.63, 3.8) is 0 Å². The third-order valence-corrected chi connectivity index (χ3v) is 4.81. The van der Waals surface area contributed by atoms with Crippen molar-refractivity contribution < 1.29 is 9.09 Å². The Morgan fingerprint density at radius 3 is 3.07 bits per heavy atom. The Balaban J connectivity index is 2.55. The maximum atomic E-state index is 12.2. The van der Waals surface area contributed by atoms with Crippen LogP contribution in [-0.2, 0) is 9.09 Å². The van der Waals surface area contributed by atoms with Gasteiger partial charge < -0.3 is 4.52 Å². The summed E-state index contributed by atoms with van der Waals surface area (Å²) in [7, 11) is -2.79. The largest absolute Gasteiger partial charge is 0.343 e. The fourth-order valence-corrected chi connectivity index (χ4v) is 4.14. The van der Waals surface area contributed by atoms with Gasteiger partial charge in [0, 0.05) is 30.8 Å². The van der Waals surface area contributed by atoms with Crippen LogP contribution in [0, 0.1) is 0 Å². The molecule has 0 aromatic rings. The van der Waals surface area contributed by atoms with E-state index in [1.807, 2.05) is 4.67 Å². The molecule has 7 heteroatoms. The van der Waals surface area contributed by atoms with Gasteiger partial charge in [0.15, 0.2) is 0 Å². The fraction of sp³-hybridized carbons (Fsp3) is 1.00. The first-order valence-corrected chi connectivity index (χ1v) is 7.83. The number of hydrogen-bond acceptors (Lipinski definition) is 2. The normalized spacial score (nSPS) is 29.3. The van der Waals surface area contributed by atoms with E-state index < -0.39 is 7.67 Å². The molecule has 1 N–H and O–H groups in total. The molecule has 84 valence electrons. The molecule has 1 fully saturated rings. The molecule has 0 amide bonds. The maximum absolute atomic E-state index is 12.2. The van der Waals surface area contributed by atoms with E-state index in [0.29, 0.717) is 25.6 Å². The molecular weight excluding hydrogens is 290 g/mol. The summed E-state index contributed by atoms with van der Waals surface area (Å²) in [5.41, 5.74) is 0. The second kappa shape index (κ2) is 6.46. The highest BCUT2D eigenvalue weighted by molar-refractivity contribution is 9.09. The number of nitrogens with zero attached hydrogens (tertiary/aromatic N) is 1. The van der Waals surface area contributed by atoms with Gasteiger partial charge in [0.05, 0.1) is 6.61 Å². The molecule has 0 aliphatic carbocycles. The zero-order valence-corrected chi connectivity index (χ0v) is 11.2. The van der Waals surface area contributed by atoms with E-state index in [1.54, 1.807) is 0 Å². The highest BCUT2D eigenvalue weighted by Gasteiger charge is 2.33. The summed E-state index contributed by atoms with van der Waals surface area (Å²) in [5.74, 6) is 0.476. The Morgan fingerprint density at radius 2 is 2.43 bits per heavy atom. The van der Waals surface area contributed by atoms with Crippen LogP contribution in [0.25, 0.3) is 0 Å². The van der Waals surface area contributed by atoms with Gasteiger partial charge >= 0.3 is 7.67 Å². The zero-order valence-electron chi connectivity index (χ0n) is 7.92. The maximum Gasteiger partial charge on any atom is 0.343 e. The van der Waals surface area contributed by atoms with E-state index in [9.17, 15) is 4.57 Å². The summed E-state index contributed by atoms with van der Waals surface area (Å²) in [6, 6.07) is 0. The number of alkyl halides is 2. The van der Waals surface area contributed by atoms with Crippen LogP contribution in [0.5, 0.6) is 0 Å². The average molecular weight is 306 g/mol. The Bertz CT molecular complexity index is 218. The molecule has 1 heterocycles. The average Bonchev–Trinajstić information content (AvgIpc) is 2.19. The Morgan fingerprint density at radius 1 is 1.64 bits per heavy atom. The van der Waals surface area contributed by atoms with Gasteiger partial charge in [-0.2, -0.15) is 0 Å². The summed E-state index contributed by atoms with van der Waals surface area (Å²) >= 11 is 8.92. The molecule has 0 bridgehead atoms. The van der Waals surface area contributed by atoms with E-state index >= 15 is 0 Å². The van der Waals surface area contributed by atoms with Crippen molar-refractivity contribution in [2.75, 3.05) is 37.5 Å². The summed E-state index contributed by atoms with van der Waals surface area (Å²) in [4.78, 5) is 0. The van der Waals surface area contributed by atoms with Gasteiger partial charge in [-0.3, -0.25) is 4.57 Å². The quantitative estimate of drug-likeness (QED) is 0.623. The summed E-state index contributed by atoms with van der Waals surface area (Å²) < 4.78 is 19.4. The number of nitrogens with one attached hydrogen (secondary N) is 1. The molecule has 1 saturated heterocycles. The monoisotopic (exact) mass is 304 g/mol. The summed E-state index contributed by atoms with van der Waals surface area (Å²) in [5, 5.41) is 3.70. The highest BCUT2D eigenvalue weighted by atomic mass is 79.9. The predicted molar refractivity (Wildman–Crippen MR) is 62.3 cm³/mol. The second-order valence-electron chi connectivity index (χ2n) is 2.95. The van der Waals surface area contributed by atoms with E-state index in [4.69, 9.17) is 16.1 Å². The molecule has 1 atom stereocenters. The van der Waals surface area contributed by atoms with Gasteiger partial charge in [0.2, 0.25) is 0 Å². The van der Waals surface area contributed by atoms with Crippen molar-refractivity contribution in [3.8, 4) is 0 Å². The fourth-order valence-electron chi connectivity index (χ4n) is 1.32. The molecule has 0 spiro atoms. The Labute approximate surface area is 98.0 Å². The van der Waals surface area contributed by atoms with Gasteiger partial charge in [0.1, 0.15) is 0 Å². The SMILES string of the molecule is O=[P@@]1(NCCBr)OCCCN1CCCl. The zero-order chi connectivity index (χ0) is 10.4. The summed E-state index contributed by atoms with van der Waals surface area (Å²) in [6.45, 7) is 2.59. The molecule has 1 aliphatic heterocycles. The van der Waals surface area contributed by atoms with Crippen molar-refractivity contribution in [2.24, 2.45) is 0 Å². The van der Waals surface area contributed by atoms with E-state index in [1.165, 1.54) is 0 Å². The van der Waals surface area contributed by atoms with E-state index in [0.717, 1.165) is 18.3 Å². The van der Waals surface area contributed by atoms with Gasteiger partial charge in [0.25, 0.3) is 0 Å². The highest BCUT2D eigenvalue weighted by Crippen LogP contribution is 2.48. The smallest absolute Gasteiger partial charge is 0.306 e. The lowest BCUT2D eigenvalue weighted by Crippen LogP contribution is -2.36. The van der Waals surface area contributed by atoms with Gasteiger partial charge in [-0.05, 0) is 6.42 Å². The summed E-state index contributed by atoms with van der Waals surface area (Å²) in [6.07, 6.45) is 0.914. The van der Waals surface area contributed by atoms with Crippen molar-refractivity contribution in [1.82, 2.24) is 9.76 Å². The molecule has 0 aromatic carbocycles. The standard InChI is InChI=1S/C7H15BrClN2O2P/c8-2-4-10-14(12)11(6-3-9)5-1-7-13-14/h1-7H2,(H,10,12)/t14-/m0/s1. The Hall–Kier alpha value is 0.880. The van der Waals surface area contributed by atoms with Crippen molar-refractivity contribution >= 4 is 35.2 Å². The van der Waals surface area contributed by atoms with Crippen molar-refractivity contribution in [1.29, 1.82) is 0 Å². The molecule has 1 rings (SSSR count). The van der Waals surface area contributed by atoms with Gasteiger partial charge in [-0.25, -0.2) is 9.76 Å². The lowest BCUT2D eigenvalue weighted by atomic mass is 10.4. The van der Waals surface area contributed by atoms with Crippen LogP contribution in [0.3, 0.4) is 0 Å². The molecule has 14 heavy (non-hydrogen) atoms. The lowest BCUT2D eigenvalue weighted by Gasteiger charge is -2.34. The molecule has 0 unspecified atom stereocenters. The molecule has 4 nitrogen and oxygen atoms in total. The van der Waals surface area contributed by atoms with Crippen LogP contribution >= 0.6 is 35.2 Å². The van der Waals surface area contributed by atoms with Crippen LogP contribution in [0.15, 0.2) is 0 Å². The van der Waals surface area contributed by atoms with Crippen molar-refractivity contribution in [3.05, 3.63) is 0 Å². The Kier molecular flexibility index (Phi) is 5.97.